The molecule has 0 amide bonds. The Bertz CT molecular complexity index is 445. The molecule has 0 saturated carbocycles. The molecular formula is C15H21BBrIO2P. The Balaban J connectivity index is 2.53. The molecule has 1 aromatic rings. The molecule has 115 valence electrons. The second-order valence-electron chi connectivity index (χ2n) is 5.74. The van der Waals surface area contributed by atoms with Gasteiger partial charge in [0.05, 0.1) is 12.0 Å². The standard InChI is InChI=1S/C15H21BBrIO2P/c1-11(21-16-18)10-20-14(19)15(2,3)9-13(17)12-7-5-4-6-8-12/h4-8,11,13,21H,9-10H2,1-3H3. The molecule has 0 fully saturated rings. The lowest BCUT2D eigenvalue weighted by Crippen LogP contribution is -2.29. The number of halogens is 2. The number of ether oxygens (including phenoxy) is 1. The average molecular weight is 482 g/mol. The van der Waals surface area contributed by atoms with E-state index in [-0.39, 0.29) is 10.8 Å². The Morgan fingerprint density at radius 1 is 1.43 bits per heavy atom. The highest BCUT2D eigenvalue weighted by Gasteiger charge is 2.32. The summed E-state index contributed by atoms with van der Waals surface area (Å²) in [4.78, 5) is 14.5. The van der Waals surface area contributed by atoms with Gasteiger partial charge in [-0.3, -0.25) is 4.79 Å². The first-order valence-corrected chi connectivity index (χ1v) is 10.2. The first kappa shape index (κ1) is 19.4. The molecule has 2 nitrogen and oxygen atoms in total. The van der Waals surface area contributed by atoms with Crippen LogP contribution in [0.15, 0.2) is 30.3 Å². The summed E-state index contributed by atoms with van der Waals surface area (Å²) in [7, 11) is 0.720. The fraction of sp³-hybridized carbons (Fsp3) is 0.533. The van der Waals surface area contributed by atoms with Gasteiger partial charge in [-0.05, 0) is 25.8 Å². The smallest absolute Gasteiger partial charge is 0.311 e. The fourth-order valence-corrected chi connectivity index (χ4v) is 5.21. The minimum atomic E-state index is -0.499. The highest BCUT2D eigenvalue weighted by molar-refractivity contribution is 14.1. The van der Waals surface area contributed by atoms with Gasteiger partial charge in [-0.1, -0.05) is 53.2 Å². The van der Waals surface area contributed by atoms with E-state index in [0.717, 1.165) is 8.46 Å². The molecule has 3 unspecified atom stereocenters. The molecule has 1 rings (SSSR count). The van der Waals surface area contributed by atoms with Crippen molar-refractivity contribution < 1.29 is 9.53 Å². The van der Waals surface area contributed by atoms with Gasteiger partial charge in [-0.25, -0.2) is 0 Å². The van der Waals surface area contributed by atoms with Crippen molar-refractivity contribution >= 4 is 57.6 Å². The molecule has 0 aliphatic heterocycles. The maximum atomic E-state index is 12.3. The van der Waals surface area contributed by atoms with Gasteiger partial charge in [0.2, 0.25) is 4.86 Å². The van der Waals surface area contributed by atoms with E-state index in [0.29, 0.717) is 18.7 Å². The van der Waals surface area contributed by atoms with Crippen molar-refractivity contribution in [3.63, 3.8) is 0 Å². The lowest BCUT2D eigenvalue weighted by molar-refractivity contribution is -0.154. The van der Waals surface area contributed by atoms with E-state index >= 15 is 0 Å². The molecule has 0 spiro atoms. The lowest BCUT2D eigenvalue weighted by Gasteiger charge is -2.26. The molecule has 1 radical (unpaired) electrons. The summed E-state index contributed by atoms with van der Waals surface area (Å²) in [5.74, 6) is -0.118. The first-order chi connectivity index (χ1) is 9.86. The van der Waals surface area contributed by atoms with Crippen molar-refractivity contribution in [1.82, 2.24) is 0 Å². The van der Waals surface area contributed by atoms with Crippen LogP contribution in [-0.2, 0) is 9.53 Å². The molecular weight excluding hydrogens is 461 g/mol. The Morgan fingerprint density at radius 2 is 2.05 bits per heavy atom. The third-order valence-corrected chi connectivity index (χ3v) is 6.01. The fourth-order valence-electron chi connectivity index (χ4n) is 1.86. The number of carbonyl (C=O) groups is 1. The molecule has 3 atom stereocenters. The third-order valence-electron chi connectivity index (χ3n) is 3.22. The number of hydrogen-bond donors (Lipinski definition) is 0. The van der Waals surface area contributed by atoms with Gasteiger partial charge in [0.1, 0.15) is 0 Å². The lowest BCUT2D eigenvalue weighted by atomic mass is 9.86. The zero-order valence-electron chi connectivity index (χ0n) is 12.6. The van der Waals surface area contributed by atoms with Gasteiger partial charge in [0.25, 0.3) is 0 Å². The van der Waals surface area contributed by atoms with Crippen molar-refractivity contribution in [1.29, 1.82) is 0 Å². The van der Waals surface area contributed by atoms with Crippen LogP contribution in [0.5, 0.6) is 0 Å². The molecule has 21 heavy (non-hydrogen) atoms. The van der Waals surface area contributed by atoms with E-state index in [1.807, 2.05) is 32.0 Å². The molecule has 0 aliphatic carbocycles. The van der Waals surface area contributed by atoms with E-state index in [4.69, 9.17) is 4.74 Å². The Hall–Kier alpha value is 0.395. The van der Waals surface area contributed by atoms with E-state index in [1.54, 1.807) is 0 Å². The third kappa shape index (κ3) is 7.00. The maximum absolute atomic E-state index is 12.3. The number of benzene rings is 1. The van der Waals surface area contributed by atoms with Crippen molar-refractivity contribution in [2.75, 3.05) is 6.61 Å². The molecule has 0 N–H and O–H groups in total. The van der Waals surface area contributed by atoms with E-state index in [9.17, 15) is 4.79 Å². The molecule has 0 saturated heterocycles. The number of hydrogen-bond acceptors (Lipinski definition) is 2. The van der Waals surface area contributed by atoms with E-state index in [1.165, 1.54) is 5.56 Å². The van der Waals surface area contributed by atoms with Crippen molar-refractivity contribution in [2.24, 2.45) is 5.41 Å². The van der Waals surface area contributed by atoms with Crippen LogP contribution < -0.4 is 0 Å². The second kappa shape index (κ2) is 9.52. The van der Waals surface area contributed by atoms with Crippen molar-refractivity contribution in [2.45, 2.75) is 37.7 Å². The largest absolute Gasteiger partial charge is 0.465 e. The quantitative estimate of drug-likeness (QED) is 0.169. The summed E-state index contributed by atoms with van der Waals surface area (Å²) in [6, 6.07) is 10.2. The zero-order chi connectivity index (χ0) is 15.9. The zero-order valence-corrected chi connectivity index (χ0v) is 17.3. The van der Waals surface area contributed by atoms with Crippen LogP contribution in [0.25, 0.3) is 0 Å². The van der Waals surface area contributed by atoms with Gasteiger partial charge < -0.3 is 4.74 Å². The highest BCUT2D eigenvalue weighted by Crippen LogP contribution is 2.36. The summed E-state index contributed by atoms with van der Waals surface area (Å²) in [5, 5.41) is 0. The van der Waals surface area contributed by atoms with Crippen LogP contribution in [0.3, 0.4) is 0 Å². The minimum absolute atomic E-state index is 0.118. The predicted molar refractivity (Wildman–Crippen MR) is 105 cm³/mol. The number of rotatable bonds is 8. The first-order valence-electron chi connectivity index (χ1n) is 6.91. The van der Waals surface area contributed by atoms with E-state index in [2.05, 4.69) is 62.2 Å². The van der Waals surface area contributed by atoms with Crippen LogP contribution >= 0.6 is 46.8 Å². The second-order valence-corrected chi connectivity index (χ2v) is 10.3. The van der Waals surface area contributed by atoms with Crippen molar-refractivity contribution in [3.8, 4) is 0 Å². The Kier molecular flexibility index (Phi) is 8.81. The van der Waals surface area contributed by atoms with Gasteiger partial charge in [0, 0.05) is 10.5 Å². The molecule has 0 heterocycles. The summed E-state index contributed by atoms with van der Waals surface area (Å²) >= 11 is 5.92. The van der Waals surface area contributed by atoms with Crippen molar-refractivity contribution in [3.05, 3.63) is 35.9 Å². The summed E-state index contributed by atoms with van der Waals surface area (Å²) in [6.45, 7) is 6.50. The Labute approximate surface area is 152 Å². The minimum Gasteiger partial charge on any atom is -0.465 e. The van der Waals surface area contributed by atoms with Crippen LogP contribution in [0.4, 0.5) is 0 Å². The SMILES string of the molecule is CC(COC(=O)C(C)(C)CC(Br)c1ccccc1)P[B]I. The van der Waals surface area contributed by atoms with Crippen LogP contribution in [0.2, 0.25) is 0 Å². The summed E-state index contributed by atoms with van der Waals surface area (Å²) in [6.07, 6.45) is 0.713. The number of carbonyl (C=O) groups excluding carboxylic acids is 1. The van der Waals surface area contributed by atoms with E-state index < -0.39 is 5.41 Å². The highest BCUT2D eigenvalue weighted by atomic mass is 127. The Morgan fingerprint density at radius 3 is 2.62 bits per heavy atom. The van der Waals surface area contributed by atoms with Gasteiger partial charge in [-0.15, -0.1) is 8.46 Å². The van der Waals surface area contributed by atoms with Crippen LogP contribution in [0.1, 0.15) is 37.6 Å². The van der Waals surface area contributed by atoms with Gasteiger partial charge in [0.15, 0.2) is 0 Å². The monoisotopic (exact) mass is 481 g/mol. The molecule has 1 aromatic carbocycles. The summed E-state index contributed by atoms with van der Waals surface area (Å²) in [5.41, 5.74) is 1.09. The number of alkyl halides is 1. The maximum Gasteiger partial charge on any atom is 0.311 e. The number of esters is 1. The molecule has 0 bridgehead atoms. The van der Waals surface area contributed by atoms with Crippen LogP contribution in [0, 0.1) is 5.41 Å². The average Bonchev–Trinajstić information content (AvgIpc) is 2.45. The summed E-state index contributed by atoms with van der Waals surface area (Å²) < 4.78 is 5.48. The normalized spacial score (nSPS) is 14.9. The topological polar surface area (TPSA) is 26.3 Å². The molecule has 6 heteroatoms. The van der Waals surface area contributed by atoms with Gasteiger partial charge in [-0.2, -0.15) is 22.4 Å². The predicted octanol–water partition coefficient (Wildman–Crippen LogP) is 5.12. The molecule has 0 aliphatic rings. The van der Waals surface area contributed by atoms with Crippen LogP contribution in [-0.4, -0.2) is 23.1 Å². The molecule has 0 aromatic heterocycles. The van der Waals surface area contributed by atoms with Gasteiger partial charge >= 0.3 is 5.97 Å².